The van der Waals surface area contributed by atoms with Crippen LogP contribution < -0.4 is 0 Å². The molecule has 0 radical (unpaired) electrons. The maximum Gasteiger partial charge on any atom is 0.270 e. The molecule has 0 unspecified atom stereocenters. The molecular formula is C21H29N3O2. The lowest BCUT2D eigenvalue weighted by molar-refractivity contribution is -0.140. The topological polar surface area (TPSA) is 56.4 Å². The average Bonchev–Trinajstić information content (AvgIpc) is 3.22. The van der Waals surface area contributed by atoms with E-state index in [9.17, 15) is 9.59 Å². The number of rotatable bonds is 4. The lowest BCUT2D eigenvalue weighted by atomic mass is 9.83. The van der Waals surface area contributed by atoms with E-state index < -0.39 is 0 Å². The first-order valence-corrected chi connectivity index (χ1v) is 10.1. The second kappa shape index (κ2) is 7.68. The van der Waals surface area contributed by atoms with Crippen molar-refractivity contribution >= 4 is 11.8 Å². The zero-order chi connectivity index (χ0) is 17.9. The fourth-order valence-electron chi connectivity index (χ4n) is 4.86. The van der Waals surface area contributed by atoms with Crippen LogP contribution >= 0.6 is 0 Å². The smallest absolute Gasteiger partial charge is 0.270 e. The van der Waals surface area contributed by atoms with Crippen molar-refractivity contribution in [3.63, 3.8) is 0 Å². The van der Waals surface area contributed by atoms with Gasteiger partial charge in [-0.2, -0.15) is 0 Å². The number of carbonyl (C=O) groups excluding carboxylic acids is 2. The van der Waals surface area contributed by atoms with Crippen LogP contribution in [-0.4, -0.2) is 52.3 Å². The summed E-state index contributed by atoms with van der Waals surface area (Å²) < 4.78 is 0. The van der Waals surface area contributed by atoms with Crippen molar-refractivity contribution < 1.29 is 9.59 Å². The molecule has 2 saturated heterocycles. The SMILES string of the molecule is O=C(c1ccc[nH]1)N1CC[C@@H]2[C@@H](CCC(=O)N2CCC2=CCCCC2)C1. The molecule has 1 aromatic rings. The highest BCUT2D eigenvalue weighted by atomic mass is 16.2. The van der Waals surface area contributed by atoms with Crippen molar-refractivity contribution in [1.82, 2.24) is 14.8 Å². The van der Waals surface area contributed by atoms with Crippen LogP contribution in [0, 0.1) is 5.92 Å². The van der Waals surface area contributed by atoms with E-state index in [0.29, 0.717) is 30.0 Å². The highest BCUT2D eigenvalue weighted by molar-refractivity contribution is 5.92. The molecule has 26 heavy (non-hydrogen) atoms. The molecule has 2 fully saturated rings. The summed E-state index contributed by atoms with van der Waals surface area (Å²) in [7, 11) is 0. The molecule has 4 rings (SSSR count). The highest BCUT2D eigenvalue weighted by Crippen LogP contribution is 2.32. The molecule has 0 aromatic carbocycles. The molecular weight excluding hydrogens is 326 g/mol. The van der Waals surface area contributed by atoms with Crippen molar-refractivity contribution in [2.45, 2.75) is 57.4 Å². The van der Waals surface area contributed by atoms with E-state index in [2.05, 4.69) is 16.0 Å². The summed E-state index contributed by atoms with van der Waals surface area (Å²) in [4.78, 5) is 32.3. The van der Waals surface area contributed by atoms with Gasteiger partial charge in [0.05, 0.1) is 0 Å². The summed E-state index contributed by atoms with van der Waals surface area (Å²) in [6, 6.07) is 4.01. The minimum atomic E-state index is 0.0873. The number of H-pyrrole nitrogens is 1. The summed E-state index contributed by atoms with van der Waals surface area (Å²) in [6.07, 6.45) is 12.7. The normalized spacial score (nSPS) is 26.5. The van der Waals surface area contributed by atoms with E-state index in [1.807, 2.05) is 17.0 Å². The summed E-state index contributed by atoms with van der Waals surface area (Å²) in [5.41, 5.74) is 2.20. The zero-order valence-corrected chi connectivity index (χ0v) is 15.5. The van der Waals surface area contributed by atoms with Gasteiger partial charge in [0, 0.05) is 38.3 Å². The number of hydrogen-bond donors (Lipinski definition) is 1. The van der Waals surface area contributed by atoms with Crippen LogP contribution in [0.2, 0.25) is 0 Å². The molecule has 0 bridgehead atoms. The monoisotopic (exact) mass is 355 g/mol. The predicted molar refractivity (Wildman–Crippen MR) is 101 cm³/mol. The Kier molecular flexibility index (Phi) is 5.14. The summed E-state index contributed by atoms with van der Waals surface area (Å²) in [6.45, 7) is 2.37. The number of carbonyl (C=O) groups is 2. The second-order valence-corrected chi connectivity index (χ2v) is 7.94. The number of fused-ring (bicyclic) bond motifs is 1. The zero-order valence-electron chi connectivity index (χ0n) is 15.5. The van der Waals surface area contributed by atoms with Crippen LogP contribution in [0.5, 0.6) is 0 Å². The Morgan fingerprint density at radius 2 is 2.15 bits per heavy atom. The van der Waals surface area contributed by atoms with Gasteiger partial charge in [0.25, 0.3) is 5.91 Å². The van der Waals surface area contributed by atoms with Gasteiger partial charge in [-0.25, -0.2) is 0 Å². The Morgan fingerprint density at radius 3 is 2.92 bits per heavy atom. The van der Waals surface area contributed by atoms with Crippen molar-refractivity contribution in [3.05, 3.63) is 35.7 Å². The van der Waals surface area contributed by atoms with Gasteiger partial charge in [-0.1, -0.05) is 11.6 Å². The number of piperidine rings is 2. The largest absolute Gasteiger partial charge is 0.357 e. The molecule has 3 heterocycles. The Labute approximate surface area is 155 Å². The third kappa shape index (κ3) is 3.57. The standard InChI is InChI=1S/C21H29N3O2/c25-20-9-8-17-15-23(21(26)18-7-4-12-22-18)13-11-19(17)24(20)14-10-16-5-2-1-3-6-16/h4-5,7,12,17,19,22H,1-3,6,8-11,13-15H2/t17-,19+/m0/s1. The number of allylic oxidation sites excluding steroid dienone is 1. The Balaban J connectivity index is 1.38. The number of aromatic amines is 1. The van der Waals surface area contributed by atoms with Gasteiger partial charge >= 0.3 is 0 Å². The van der Waals surface area contributed by atoms with Gasteiger partial charge in [-0.3, -0.25) is 9.59 Å². The second-order valence-electron chi connectivity index (χ2n) is 7.94. The summed E-state index contributed by atoms with van der Waals surface area (Å²) in [5, 5.41) is 0. The van der Waals surface area contributed by atoms with Crippen LogP contribution in [0.4, 0.5) is 0 Å². The predicted octanol–water partition coefficient (Wildman–Crippen LogP) is 3.36. The van der Waals surface area contributed by atoms with Crippen molar-refractivity contribution in [2.75, 3.05) is 19.6 Å². The van der Waals surface area contributed by atoms with E-state index >= 15 is 0 Å². The van der Waals surface area contributed by atoms with E-state index in [0.717, 1.165) is 38.9 Å². The van der Waals surface area contributed by atoms with E-state index in [1.54, 1.807) is 6.20 Å². The number of aromatic nitrogens is 1. The van der Waals surface area contributed by atoms with Crippen LogP contribution in [0.15, 0.2) is 30.0 Å². The van der Waals surface area contributed by atoms with Gasteiger partial charge in [0.15, 0.2) is 0 Å². The van der Waals surface area contributed by atoms with Crippen molar-refractivity contribution in [3.8, 4) is 0 Å². The van der Waals surface area contributed by atoms with Crippen LogP contribution in [0.1, 0.15) is 61.9 Å². The highest BCUT2D eigenvalue weighted by Gasteiger charge is 2.40. The third-order valence-corrected chi connectivity index (χ3v) is 6.32. The van der Waals surface area contributed by atoms with Crippen LogP contribution in [-0.2, 0) is 4.79 Å². The molecule has 1 aliphatic carbocycles. The lowest BCUT2D eigenvalue weighted by Crippen LogP contribution is -2.57. The minimum Gasteiger partial charge on any atom is -0.357 e. The molecule has 140 valence electrons. The quantitative estimate of drug-likeness (QED) is 0.842. The Bertz CT molecular complexity index is 679. The van der Waals surface area contributed by atoms with E-state index in [4.69, 9.17) is 0 Å². The molecule has 5 heteroatoms. The fraction of sp³-hybridized carbons (Fsp3) is 0.619. The average molecular weight is 355 g/mol. The maximum absolute atomic E-state index is 12.6. The molecule has 3 aliphatic rings. The molecule has 0 saturated carbocycles. The van der Waals surface area contributed by atoms with Gasteiger partial charge in [0.1, 0.15) is 5.69 Å². The minimum absolute atomic E-state index is 0.0873. The van der Waals surface area contributed by atoms with E-state index in [1.165, 1.54) is 31.3 Å². The maximum atomic E-state index is 12.6. The van der Waals surface area contributed by atoms with Crippen molar-refractivity contribution in [2.24, 2.45) is 5.92 Å². The Hall–Kier alpha value is -2.04. The molecule has 0 spiro atoms. The number of nitrogens with zero attached hydrogens (tertiary/aromatic N) is 2. The van der Waals surface area contributed by atoms with Gasteiger partial charge in [-0.15, -0.1) is 0 Å². The van der Waals surface area contributed by atoms with Gasteiger partial charge in [-0.05, 0) is 63.0 Å². The molecule has 2 amide bonds. The van der Waals surface area contributed by atoms with Crippen LogP contribution in [0.3, 0.4) is 0 Å². The van der Waals surface area contributed by atoms with Gasteiger partial charge in [0.2, 0.25) is 5.91 Å². The lowest BCUT2D eigenvalue weighted by Gasteiger charge is -2.47. The molecule has 2 atom stereocenters. The number of nitrogens with one attached hydrogen (secondary N) is 1. The number of hydrogen-bond acceptors (Lipinski definition) is 2. The summed E-state index contributed by atoms with van der Waals surface area (Å²) >= 11 is 0. The first-order chi connectivity index (χ1) is 12.7. The molecule has 1 aromatic heterocycles. The molecule has 5 nitrogen and oxygen atoms in total. The number of likely N-dealkylation sites (tertiary alicyclic amines) is 2. The van der Waals surface area contributed by atoms with Gasteiger partial charge < -0.3 is 14.8 Å². The van der Waals surface area contributed by atoms with E-state index in [-0.39, 0.29) is 5.91 Å². The molecule has 2 aliphatic heterocycles. The summed E-state index contributed by atoms with van der Waals surface area (Å²) in [5.74, 6) is 0.816. The third-order valence-electron chi connectivity index (χ3n) is 6.32. The van der Waals surface area contributed by atoms with Crippen LogP contribution in [0.25, 0.3) is 0 Å². The van der Waals surface area contributed by atoms with Crippen molar-refractivity contribution in [1.29, 1.82) is 0 Å². The number of amides is 2. The fourth-order valence-corrected chi connectivity index (χ4v) is 4.86. The first kappa shape index (κ1) is 17.4. The molecule has 1 N–H and O–H groups in total. The first-order valence-electron chi connectivity index (χ1n) is 10.1. The Morgan fingerprint density at radius 1 is 1.23 bits per heavy atom.